The Morgan fingerprint density at radius 3 is 2.50 bits per heavy atom. The minimum Gasteiger partial charge on any atom is -0.390 e. The van der Waals surface area contributed by atoms with Crippen molar-refractivity contribution in [1.29, 1.82) is 0 Å². The number of hydrogen-bond donors (Lipinski definition) is 1. The van der Waals surface area contributed by atoms with Crippen LogP contribution in [0, 0.1) is 13.8 Å². The number of thioether (sulfide) groups is 1. The van der Waals surface area contributed by atoms with Crippen LogP contribution in [0.2, 0.25) is 0 Å². The number of aryl methyl sites for hydroxylation is 2. The van der Waals surface area contributed by atoms with Gasteiger partial charge in [0, 0.05) is 11.4 Å². The monoisotopic (exact) mass is 211 g/mol. The van der Waals surface area contributed by atoms with Crippen molar-refractivity contribution in [2.45, 2.75) is 38.3 Å². The van der Waals surface area contributed by atoms with Crippen molar-refractivity contribution in [2.75, 3.05) is 5.75 Å². The molecule has 0 aliphatic heterocycles. The molecule has 78 valence electrons. The molecule has 3 heteroatoms. The van der Waals surface area contributed by atoms with E-state index in [1.54, 1.807) is 11.8 Å². The average Bonchev–Trinajstić information content (AvgIpc) is 1.97. The molecule has 0 bridgehead atoms. The van der Waals surface area contributed by atoms with E-state index in [9.17, 15) is 5.11 Å². The highest BCUT2D eigenvalue weighted by Crippen LogP contribution is 2.21. The lowest BCUT2D eigenvalue weighted by Crippen LogP contribution is -2.21. The largest absolute Gasteiger partial charge is 0.390 e. The summed E-state index contributed by atoms with van der Waals surface area (Å²) in [5, 5.41) is 10.6. The highest BCUT2D eigenvalue weighted by atomic mass is 32.2. The summed E-state index contributed by atoms with van der Waals surface area (Å²) >= 11 is 1.59. The summed E-state index contributed by atoms with van der Waals surface area (Å²) in [5.41, 5.74) is 1.61. The molecule has 1 heterocycles. The molecule has 1 aromatic rings. The molecule has 1 N–H and O–H groups in total. The molecule has 0 saturated carbocycles. The summed E-state index contributed by atoms with van der Waals surface area (Å²) in [6.07, 6.45) is 0. The van der Waals surface area contributed by atoms with Crippen LogP contribution in [0.1, 0.15) is 25.1 Å². The molecule has 0 aliphatic carbocycles. The summed E-state index contributed by atoms with van der Waals surface area (Å²) < 4.78 is 0. The third-order valence-electron chi connectivity index (χ3n) is 1.65. The normalized spacial score (nSPS) is 11.8. The number of hydrogen-bond acceptors (Lipinski definition) is 3. The summed E-state index contributed by atoms with van der Waals surface area (Å²) in [4.78, 5) is 4.39. The zero-order chi connectivity index (χ0) is 10.8. The fourth-order valence-electron chi connectivity index (χ4n) is 1.13. The summed E-state index contributed by atoms with van der Waals surface area (Å²) in [6, 6.07) is 4.09. The van der Waals surface area contributed by atoms with Crippen molar-refractivity contribution >= 4 is 11.8 Å². The number of rotatable bonds is 3. The number of nitrogens with zero attached hydrogens (tertiary/aromatic N) is 1. The molecule has 0 spiro atoms. The van der Waals surface area contributed by atoms with Gasteiger partial charge in [0.2, 0.25) is 0 Å². The molecule has 0 unspecified atom stereocenters. The molecule has 1 aromatic heterocycles. The lowest BCUT2D eigenvalue weighted by molar-refractivity contribution is 0.107. The smallest absolute Gasteiger partial charge is 0.0966 e. The molecule has 2 nitrogen and oxygen atoms in total. The van der Waals surface area contributed by atoms with Crippen LogP contribution in [0.4, 0.5) is 0 Å². The standard InChI is InChI=1S/C11H17NOS/c1-8-5-9(2)12-10(6-8)14-7-11(3,4)13/h5-6,13H,7H2,1-4H3. The van der Waals surface area contributed by atoms with Crippen molar-refractivity contribution < 1.29 is 5.11 Å². The Labute approximate surface area is 89.8 Å². The minimum atomic E-state index is -0.635. The highest BCUT2D eigenvalue weighted by Gasteiger charge is 2.13. The SMILES string of the molecule is Cc1cc(C)nc(SCC(C)(C)O)c1. The Balaban J connectivity index is 2.68. The van der Waals surface area contributed by atoms with Gasteiger partial charge in [0.15, 0.2) is 0 Å². The van der Waals surface area contributed by atoms with Gasteiger partial charge >= 0.3 is 0 Å². The maximum atomic E-state index is 9.57. The summed E-state index contributed by atoms with van der Waals surface area (Å²) in [6.45, 7) is 7.66. The molecule has 0 atom stereocenters. The topological polar surface area (TPSA) is 33.1 Å². The van der Waals surface area contributed by atoms with Gasteiger partial charge in [-0.2, -0.15) is 0 Å². The first kappa shape index (κ1) is 11.5. The van der Waals surface area contributed by atoms with E-state index in [4.69, 9.17) is 0 Å². The Morgan fingerprint density at radius 1 is 1.36 bits per heavy atom. The van der Waals surface area contributed by atoms with Crippen LogP contribution in [0.15, 0.2) is 17.2 Å². The van der Waals surface area contributed by atoms with Gasteiger partial charge in [-0.1, -0.05) is 0 Å². The highest BCUT2D eigenvalue weighted by molar-refractivity contribution is 7.99. The molecular formula is C11H17NOS. The van der Waals surface area contributed by atoms with Gasteiger partial charge in [-0.15, -0.1) is 11.8 Å². The molecule has 0 amide bonds. The third kappa shape index (κ3) is 4.11. The first-order valence-corrected chi connectivity index (χ1v) is 5.66. The lowest BCUT2D eigenvalue weighted by atomic mass is 10.2. The second-order valence-electron chi connectivity index (χ2n) is 4.23. The summed E-state index contributed by atoms with van der Waals surface area (Å²) in [7, 11) is 0. The molecule has 0 aromatic carbocycles. The Hall–Kier alpha value is -0.540. The Morgan fingerprint density at radius 2 is 2.00 bits per heavy atom. The minimum absolute atomic E-state index is 0.635. The van der Waals surface area contributed by atoms with Gasteiger partial charge in [-0.05, 0) is 45.4 Å². The first-order valence-electron chi connectivity index (χ1n) is 4.67. The van der Waals surface area contributed by atoms with Crippen molar-refractivity contribution in [3.63, 3.8) is 0 Å². The van der Waals surface area contributed by atoms with E-state index < -0.39 is 5.60 Å². The molecule has 0 aliphatic rings. The van der Waals surface area contributed by atoms with Gasteiger partial charge in [-0.25, -0.2) is 4.98 Å². The van der Waals surface area contributed by atoms with Gasteiger partial charge in [-0.3, -0.25) is 0 Å². The Kier molecular flexibility index (Phi) is 3.56. The number of aliphatic hydroxyl groups is 1. The first-order chi connectivity index (χ1) is 6.37. The van der Waals surface area contributed by atoms with Crippen LogP contribution in [-0.2, 0) is 0 Å². The van der Waals surface area contributed by atoms with Crippen LogP contribution in [-0.4, -0.2) is 21.4 Å². The quantitative estimate of drug-likeness (QED) is 0.780. The van der Waals surface area contributed by atoms with Gasteiger partial charge in [0.25, 0.3) is 0 Å². The van der Waals surface area contributed by atoms with Crippen LogP contribution in [0.25, 0.3) is 0 Å². The lowest BCUT2D eigenvalue weighted by Gasteiger charge is -2.15. The van der Waals surface area contributed by atoms with Crippen molar-refractivity contribution in [1.82, 2.24) is 4.98 Å². The van der Waals surface area contributed by atoms with E-state index in [1.165, 1.54) is 5.56 Å². The molecule has 1 rings (SSSR count). The van der Waals surface area contributed by atoms with Gasteiger partial charge in [0.1, 0.15) is 0 Å². The number of pyridine rings is 1. The van der Waals surface area contributed by atoms with E-state index in [0.717, 1.165) is 10.7 Å². The number of aromatic nitrogens is 1. The van der Waals surface area contributed by atoms with E-state index >= 15 is 0 Å². The van der Waals surface area contributed by atoms with Crippen LogP contribution < -0.4 is 0 Å². The maximum absolute atomic E-state index is 9.57. The van der Waals surface area contributed by atoms with Crippen LogP contribution in [0.5, 0.6) is 0 Å². The van der Waals surface area contributed by atoms with Crippen molar-refractivity contribution in [2.24, 2.45) is 0 Å². The van der Waals surface area contributed by atoms with E-state index in [0.29, 0.717) is 5.75 Å². The molecule has 0 saturated heterocycles. The predicted molar refractivity (Wildman–Crippen MR) is 60.7 cm³/mol. The predicted octanol–water partition coefficient (Wildman–Crippen LogP) is 2.56. The van der Waals surface area contributed by atoms with Gasteiger partial charge in [0.05, 0.1) is 10.6 Å². The van der Waals surface area contributed by atoms with Crippen LogP contribution >= 0.6 is 11.8 Å². The van der Waals surface area contributed by atoms with Crippen LogP contribution in [0.3, 0.4) is 0 Å². The second kappa shape index (κ2) is 4.32. The second-order valence-corrected chi connectivity index (χ2v) is 5.22. The van der Waals surface area contributed by atoms with E-state index in [-0.39, 0.29) is 0 Å². The fraction of sp³-hybridized carbons (Fsp3) is 0.545. The average molecular weight is 211 g/mol. The third-order valence-corrected chi connectivity index (χ3v) is 3.00. The molecule has 14 heavy (non-hydrogen) atoms. The molecule has 0 fully saturated rings. The molecular weight excluding hydrogens is 194 g/mol. The van der Waals surface area contributed by atoms with E-state index in [1.807, 2.05) is 32.9 Å². The summed E-state index contributed by atoms with van der Waals surface area (Å²) in [5.74, 6) is 0.670. The van der Waals surface area contributed by atoms with Crippen molar-refractivity contribution in [3.8, 4) is 0 Å². The fourth-order valence-corrected chi connectivity index (χ4v) is 2.11. The van der Waals surface area contributed by atoms with Gasteiger partial charge < -0.3 is 5.11 Å². The maximum Gasteiger partial charge on any atom is 0.0966 e. The zero-order valence-corrected chi connectivity index (χ0v) is 9.98. The zero-order valence-electron chi connectivity index (χ0n) is 9.16. The van der Waals surface area contributed by atoms with E-state index in [2.05, 4.69) is 11.9 Å². The molecule has 0 radical (unpaired) electrons. The van der Waals surface area contributed by atoms with Crippen molar-refractivity contribution in [3.05, 3.63) is 23.4 Å². The Bertz CT molecular complexity index is 297.